The molecular weight excluding hydrogens is 548 g/mol. The summed E-state index contributed by atoms with van der Waals surface area (Å²) in [5.41, 5.74) is 1.32. The molecule has 0 aliphatic carbocycles. The first-order valence-electron chi connectivity index (χ1n) is 12.9. The zero-order chi connectivity index (χ0) is 27.7. The Labute approximate surface area is 235 Å². The molecule has 0 bridgehead atoms. The molecule has 0 radical (unpaired) electrons. The first kappa shape index (κ1) is 26.2. The van der Waals surface area contributed by atoms with Crippen molar-refractivity contribution < 1.29 is 22.7 Å². The smallest absolute Gasteiger partial charge is 0.257 e. The number of hydrogen-bond donors (Lipinski definition) is 3. The second-order valence-electron chi connectivity index (χ2n) is 9.61. The zero-order valence-corrected chi connectivity index (χ0v) is 23.0. The van der Waals surface area contributed by atoms with Crippen LogP contribution in [0.2, 0.25) is 0 Å². The van der Waals surface area contributed by atoms with Crippen LogP contribution in [0.4, 0.5) is 5.69 Å². The minimum atomic E-state index is -3.93. The number of amides is 2. The van der Waals surface area contributed by atoms with Gasteiger partial charge in [0, 0.05) is 28.2 Å². The minimum Gasteiger partial charge on any atom is -0.492 e. The standard InChI is InChI=1S/C29H26N4O5S2/c34-27(19-9-12-26-24(14-19)33-28(35)23-5-1-2-6-25(23)40(26,36)37)31-15-22-16-32-29(39-22)18-7-10-21(11-8-18)38-17-20-4-3-13-30-20/h1-2,5-12,14,16,20,30H,3-4,13,15,17H2,(H,31,34)(H,33,35)/t20-/m1/s1. The van der Waals surface area contributed by atoms with Crippen LogP contribution in [0.25, 0.3) is 10.6 Å². The number of rotatable bonds is 7. The highest BCUT2D eigenvalue weighted by Crippen LogP contribution is 2.34. The molecule has 0 unspecified atom stereocenters. The van der Waals surface area contributed by atoms with Gasteiger partial charge in [0.1, 0.15) is 17.4 Å². The maximum atomic E-state index is 13.2. The van der Waals surface area contributed by atoms with Crippen LogP contribution >= 0.6 is 11.3 Å². The molecule has 11 heteroatoms. The number of nitrogens with zero attached hydrogens (tertiary/aromatic N) is 1. The Morgan fingerprint density at radius 3 is 2.70 bits per heavy atom. The van der Waals surface area contributed by atoms with Crippen molar-refractivity contribution in [1.82, 2.24) is 15.6 Å². The van der Waals surface area contributed by atoms with Gasteiger partial charge in [-0.3, -0.25) is 9.59 Å². The summed E-state index contributed by atoms with van der Waals surface area (Å²) in [4.78, 5) is 30.8. The molecule has 3 N–H and O–H groups in total. The molecule has 9 nitrogen and oxygen atoms in total. The van der Waals surface area contributed by atoms with Crippen molar-refractivity contribution >= 4 is 38.7 Å². The minimum absolute atomic E-state index is 0.0546. The zero-order valence-electron chi connectivity index (χ0n) is 21.3. The van der Waals surface area contributed by atoms with E-state index in [1.165, 1.54) is 48.1 Å². The Morgan fingerprint density at radius 1 is 1.07 bits per heavy atom. The van der Waals surface area contributed by atoms with Crippen LogP contribution in [-0.2, 0) is 16.4 Å². The van der Waals surface area contributed by atoms with Gasteiger partial charge in [-0.25, -0.2) is 13.4 Å². The molecule has 3 aromatic carbocycles. The van der Waals surface area contributed by atoms with Gasteiger partial charge < -0.3 is 20.7 Å². The molecule has 40 heavy (non-hydrogen) atoms. The number of benzene rings is 3. The SMILES string of the molecule is O=C(NCc1cnc(-c2ccc(OC[C@H]3CCCN3)cc2)s1)c1ccc2c(c1)NC(=O)c1ccccc1S2(=O)=O. The highest BCUT2D eigenvalue weighted by atomic mass is 32.2. The Balaban J connectivity index is 1.10. The first-order valence-corrected chi connectivity index (χ1v) is 15.2. The second-order valence-corrected chi connectivity index (χ2v) is 12.6. The molecule has 1 saturated heterocycles. The van der Waals surface area contributed by atoms with E-state index in [4.69, 9.17) is 4.74 Å². The Hall–Kier alpha value is -4.06. The molecular formula is C29H26N4O5S2. The number of sulfone groups is 1. The quantitative estimate of drug-likeness (QED) is 0.301. The summed E-state index contributed by atoms with van der Waals surface area (Å²) in [6.45, 7) is 1.95. The van der Waals surface area contributed by atoms with Crippen LogP contribution in [0.5, 0.6) is 5.75 Å². The van der Waals surface area contributed by atoms with Gasteiger partial charge in [0.15, 0.2) is 0 Å². The maximum Gasteiger partial charge on any atom is 0.257 e. The van der Waals surface area contributed by atoms with Crippen molar-refractivity contribution in [2.24, 2.45) is 0 Å². The van der Waals surface area contributed by atoms with E-state index in [0.717, 1.165) is 34.2 Å². The van der Waals surface area contributed by atoms with E-state index in [0.29, 0.717) is 12.6 Å². The van der Waals surface area contributed by atoms with Gasteiger partial charge in [-0.2, -0.15) is 0 Å². The van der Waals surface area contributed by atoms with Gasteiger partial charge in [-0.05, 0) is 74.0 Å². The molecule has 4 aromatic rings. The third-order valence-corrected chi connectivity index (χ3v) is 9.81. The van der Waals surface area contributed by atoms with Crippen molar-refractivity contribution in [2.75, 3.05) is 18.5 Å². The first-order chi connectivity index (χ1) is 19.4. The number of ether oxygens (including phenoxy) is 1. The highest BCUT2D eigenvalue weighted by molar-refractivity contribution is 7.91. The van der Waals surface area contributed by atoms with Gasteiger partial charge in [0.05, 0.1) is 27.6 Å². The van der Waals surface area contributed by atoms with Gasteiger partial charge in [0.2, 0.25) is 9.84 Å². The fourth-order valence-electron chi connectivity index (χ4n) is 4.78. The lowest BCUT2D eigenvalue weighted by Gasteiger charge is -2.12. The number of aromatic nitrogens is 1. The molecule has 204 valence electrons. The summed E-state index contributed by atoms with van der Waals surface area (Å²) < 4.78 is 32.2. The lowest BCUT2D eigenvalue weighted by Crippen LogP contribution is -2.28. The summed E-state index contributed by atoms with van der Waals surface area (Å²) in [5, 5.41) is 9.72. The maximum absolute atomic E-state index is 13.2. The molecule has 1 fully saturated rings. The van der Waals surface area contributed by atoms with Crippen molar-refractivity contribution in [2.45, 2.75) is 35.2 Å². The fourth-order valence-corrected chi connectivity index (χ4v) is 7.23. The van der Waals surface area contributed by atoms with Gasteiger partial charge in [-0.1, -0.05) is 12.1 Å². The average molecular weight is 575 g/mol. The summed E-state index contributed by atoms with van der Waals surface area (Å²) in [6, 6.07) is 18.4. The van der Waals surface area contributed by atoms with Crippen LogP contribution in [-0.4, -0.2) is 44.4 Å². The van der Waals surface area contributed by atoms with Crippen molar-refractivity contribution in [1.29, 1.82) is 0 Å². The normalized spacial score (nSPS) is 17.3. The molecule has 0 saturated carbocycles. The summed E-state index contributed by atoms with van der Waals surface area (Å²) in [6.07, 6.45) is 4.04. The Morgan fingerprint density at radius 2 is 1.90 bits per heavy atom. The van der Waals surface area contributed by atoms with Crippen LogP contribution in [0, 0.1) is 0 Å². The van der Waals surface area contributed by atoms with E-state index < -0.39 is 21.7 Å². The summed E-state index contributed by atoms with van der Waals surface area (Å²) >= 11 is 1.47. The van der Waals surface area contributed by atoms with E-state index >= 15 is 0 Å². The van der Waals surface area contributed by atoms with Gasteiger partial charge in [-0.15, -0.1) is 11.3 Å². The predicted octanol–water partition coefficient (Wildman–Crippen LogP) is 4.27. The highest BCUT2D eigenvalue weighted by Gasteiger charge is 2.31. The summed E-state index contributed by atoms with van der Waals surface area (Å²) in [5.74, 6) is -0.127. The predicted molar refractivity (Wildman–Crippen MR) is 152 cm³/mol. The van der Waals surface area contributed by atoms with Gasteiger partial charge in [0.25, 0.3) is 11.8 Å². The van der Waals surface area contributed by atoms with Crippen LogP contribution in [0.1, 0.15) is 38.4 Å². The van der Waals surface area contributed by atoms with Crippen LogP contribution < -0.4 is 20.7 Å². The molecule has 3 heterocycles. The number of thiazole rings is 1. The Bertz CT molecular complexity index is 1690. The number of carbonyl (C=O) groups excluding carboxylic acids is 2. The summed E-state index contributed by atoms with van der Waals surface area (Å²) in [7, 11) is -3.93. The van der Waals surface area contributed by atoms with Crippen LogP contribution in [0.3, 0.4) is 0 Å². The molecule has 6 rings (SSSR count). The third kappa shape index (κ3) is 5.23. The fraction of sp³-hybridized carbons (Fsp3) is 0.207. The average Bonchev–Trinajstić information content (AvgIpc) is 3.66. The molecule has 1 atom stereocenters. The lowest BCUT2D eigenvalue weighted by atomic mass is 10.1. The monoisotopic (exact) mass is 574 g/mol. The van der Waals surface area contributed by atoms with E-state index in [2.05, 4.69) is 20.9 Å². The number of fused-ring (bicyclic) bond motifs is 2. The third-order valence-electron chi connectivity index (χ3n) is 6.89. The Kier molecular flexibility index (Phi) is 7.09. The van der Waals surface area contributed by atoms with Crippen molar-refractivity contribution in [3.63, 3.8) is 0 Å². The molecule has 2 amide bonds. The largest absolute Gasteiger partial charge is 0.492 e. The van der Waals surface area contributed by atoms with Gasteiger partial charge >= 0.3 is 0 Å². The molecule has 0 spiro atoms. The second kappa shape index (κ2) is 10.8. The van der Waals surface area contributed by atoms with E-state index in [1.807, 2.05) is 24.3 Å². The topological polar surface area (TPSA) is 126 Å². The van der Waals surface area contributed by atoms with E-state index in [-0.39, 0.29) is 33.2 Å². The molecule has 2 aliphatic heterocycles. The molecule has 2 aliphatic rings. The molecule has 1 aromatic heterocycles. The van der Waals surface area contributed by atoms with Crippen molar-refractivity contribution in [3.8, 4) is 16.3 Å². The lowest BCUT2D eigenvalue weighted by molar-refractivity contribution is 0.0949. The van der Waals surface area contributed by atoms with E-state index in [9.17, 15) is 18.0 Å². The number of hydrogen-bond acceptors (Lipinski definition) is 8. The van der Waals surface area contributed by atoms with Crippen molar-refractivity contribution in [3.05, 3.63) is 88.9 Å². The van der Waals surface area contributed by atoms with E-state index in [1.54, 1.807) is 18.3 Å². The number of anilines is 1. The number of carbonyl (C=O) groups is 2. The number of nitrogens with one attached hydrogen (secondary N) is 3. The van der Waals surface area contributed by atoms with Crippen LogP contribution in [0.15, 0.2) is 82.7 Å².